The first-order valence-electron chi connectivity index (χ1n) is 25.9. The Morgan fingerprint density at radius 1 is 0.237 bits per heavy atom. The lowest BCUT2D eigenvalue weighted by Gasteiger charge is -2.14. The van der Waals surface area contributed by atoms with E-state index in [1.807, 2.05) is 6.07 Å². The number of aromatic nitrogens is 6. The van der Waals surface area contributed by atoms with Crippen LogP contribution in [0.2, 0.25) is 0 Å². The molecular formula is C70H44N6. The molecule has 0 aliphatic heterocycles. The number of nitrogens with zero attached hydrogens (tertiary/aromatic N) is 6. The number of benzene rings is 11. The minimum absolute atomic E-state index is 0.684. The summed E-state index contributed by atoms with van der Waals surface area (Å²) in [5, 5.41) is 9.54. The maximum Gasteiger partial charge on any atom is 0.160 e. The van der Waals surface area contributed by atoms with Gasteiger partial charge in [0.1, 0.15) is 0 Å². The average molecular weight is 969 g/mol. The van der Waals surface area contributed by atoms with Crippen LogP contribution in [0.1, 0.15) is 0 Å². The lowest BCUT2D eigenvalue weighted by molar-refractivity contribution is 1.16. The predicted octanol–water partition coefficient (Wildman–Crippen LogP) is 17.9. The van der Waals surface area contributed by atoms with E-state index in [2.05, 4.69) is 279 Å². The molecule has 0 unspecified atom stereocenters. The number of para-hydroxylation sites is 6. The largest absolute Gasteiger partial charge is 0.309 e. The Bertz CT molecular complexity index is 4890. The van der Waals surface area contributed by atoms with Gasteiger partial charge in [0.05, 0.1) is 55.5 Å². The molecule has 0 aliphatic rings. The first kappa shape index (κ1) is 42.2. The van der Waals surface area contributed by atoms with E-state index in [-0.39, 0.29) is 0 Å². The number of fused-ring (bicyclic) bond motifs is 14. The first-order valence-corrected chi connectivity index (χ1v) is 25.9. The zero-order valence-electron chi connectivity index (χ0n) is 41.1. The molecule has 0 radical (unpaired) electrons. The van der Waals surface area contributed by atoms with Gasteiger partial charge in [-0.1, -0.05) is 182 Å². The third-order valence-electron chi connectivity index (χ3n) is 15.5. The Kier molecular flexibility index (Phi) is 9.23. The van der Waals surface area contributed by atoms with Gasteiger partial charge in [0, 0.05) is 82.5 Å². The molecule has 0 aliphatic carbocycles. The van der Waals surface area contributed by atoms with Crippen molar-refractivity contribution in [2.45, 2.75) is 0 Å². The summed E-state index contributed by atoms with van der Waals surface area (Å²) in [6.07, 6.45) is 0. The van der Waals surface area contributed by atoms with Crippen molar-refractivity contribution in [2.24, 2.45) is 0 Å². The van der Waals surface area contributed by atoms with Gasteiger partial charge >= 0.3 is 0 Å². The Morgan fingerprint density at radius 3 is 1.33 bits per heavy atom. The summed E-state index contributed by atoms with van der Waals surface area (Å²) in [4.78, 5) is 10.6. The molecule has 6 heteroatoms. The van der Waals surface area contributed by atoms with Gasteiger partial charge in [-0.05, 0) is 84.9 Å². The molecule has 0 N–H and O–H groups in total. The van der Waals surface area contributed by atoms with E-state index in [4.69, 9.17) is 9.97 Å². The van der Waals surface area contributed by atoms with E-state index < -0.39 is 0 Å². The van der Waals surface area contributed by atoms with Crippen LogP contribution in [0.3, 0.4) is 0 Å². The maximum atomic E-state index is 5.43. The van der Waals surface area contributed by atoms with Gasteiger partial charge in [0.2, 0.25) is 0 Å². The van der Waals surface area contributed by atoms with E-state index in [9.17, 15) is 0 Å². The first-order chi connectivity index (χ1) is 37.7. The predicted molar refractivity (Wildman–Crippen MR) is 316 cm³/mol. The third-order valence-corrected chi connectivity index (χ3v) is 15.5. The average Bonchev–Trinajstić information content (AvgIpc) is 4.35. The quantitative estimate of drug-likeness (QED) is 0.160. The van der Waals surface area contributed by atoms with E-state index in [1.165, 1.54) is 48.9 Å². The molecule has 5 heterocycles. The molecule has 0 fully saturated rings. The molecule has 11 aromatic carbocycles. The zero-order valence-corrected chi connectivity index (χ0v) is 41.1. The molecule has 0 atom stereocenters. The fourth-order valence-electron chi connectivity index (χ4n) is 12.4. The summed E-state index contributed by atoms with van der Waals surface area (Å²) in [6, 6.07) is 96.2. The fourth-order valence-corrected chi connectivity index (χ4v) is 12.4. The van der Waals surface area contributed by atoms with Crippen molar-refractivity contribution < 1.29 is 0 Å². The Hall–Kier alpha value is -10.3. The molecule has 6 nitrogen and oxygen atoms in total. The Labute approximate surface area is 436 Å². The van der Waals surface area contributed by atoms with Crippen LogP contribution in [-0.4, -0.2) is 28.2 Å². The monoisotopic (exact) mass is 968 g/mol. The molecule has 0 amide bonds. The summed E-state index contributed by atoms with van der Waals surface area (Å²) >= 11 is 0. The van der Waals surface area contributed by atoms with Crippen LogP contribution in [0.5, 0.6) is 0 Å². The topological polar surface area (TPSA) is 45.5 Å². The molecule has 16 aromatic rings. The van der Waals surface area contributed by atoms with Crippen molar-refractivity contribution in [2.75, 3.05) is 0 Å². The van der Waals surface area contributed by atoms with Crippen molar-refractivity contribution in [1.29, 1.82) is 0 Å². The third kappa shape index (κ3) is 6.22. The Morgan fingerprint density at radius 2 is 0.684 bits per heavy atom. The van der Waals surface area contributed by atoms with Crippen LogP contribution in [0.25, 0.3) is 144 Å². The molecule has 354 valence electrons. The van der Waals surface area contributed by atoms with Gasteiger partial charge in [-0.15, -0.1) is 0 Å². The highest BCUT2D eigenvalue weighted by atomic mass is 15.0. The lowest BCUT2D eigenvalue weighted by atomic mass is 10.0. The van der Waals surface area contributed by atoms with Crippen LogP contribution < -0.4 is 0 Å². The van der Waals surface area contributed by atoms with Crippen LogP contribution in [-0.2, 0) is 0 Å². The lowest BCUT2D eigenvalue weighted by Crippen LogP contribution is -1.99. The summed E-state index contributed by atoms with van der Waals surface area (Å²) in [5.41, 5.74) is 18.4. The summed E-state index contributed by atoms with van der Waals surface area (Å²) < 4.78 is 9.89. The normalized spacial score (nSPS) is 11.9. The van der Waals surface area contributed by atoms with Gasteiger partial charge in [-0.2, -0.15) is 0 Å². The second kappa shape index (κ2) is 16.6. The van der Waals surface area contributed by atoms with E-state index in [0.29, 0.717) is 5.82 Å². The molecule has 0 bridgehead atoms. The molecule has 0 saturated carbocycles. The second-order valence-corrected chi connectivity index (χ2v) is 19.7. The van der Waals surface area contributed by atoms with Crippen molar-refractivity contribution >= 4 is 87.2 Å². The second-order valence-electron chi connectivity index (χ2n) is 19.7. The van der Waals surface area contributed by atoms with Crippen molar-refractivity contribution in [3.63, 3.8) is 0 Å². The highest BCUT2D eigenvalue weighted by Gasteiger charge is 2.26. The van der Waals surface area contributed by atoms with E-state index in [0.717, 1.165) is 89.2 Å². The van der Waals surface area contributed by atoms with E-state index in [1.54, 1.807) is 0 Å². The minimum Gasteiger partial charge on any atom is -0.309 e. The number of hydrogen-bond acceptors (Lipinski definition) is 2. The highest BCUT2D eigenvalue weighted by molar-refractivity contribution is 6.29. The molecule has 76 heavy (non-hydrogen) atoms. The van der Waals surface area contributed by atoms with Crippen LogP contribution in [0, 0.1) is 0 Å². The maximum absolute atomic E-state index is 5.43. The van der Waals surface area contributed by atoms with Crippen LogP contribution in [0.4, 0.5) is 0 Å². The standard InChI is InChI=1S/C70H44N6/c1-6-21-45(22-7-1)58-44-59(72-70(71-58)46-23-8-2-9-24-46)55-34-20-33-52-54-39-42-64-66(69(54)76(67(52)55)49-29-14-5-15-30-49)57-43-50(37-40-62(57)74(64)48-27-12-4-13-28-48)75-60-35-18-16-31-51(60)53-38-41-63-65(68(53)75)56-32-17-19-36-61(56)73(63)47-25-10-3-11-26-47/h1-44H. The number of rotatable bonds is 7. The molecule has 0 saturated heterocycles. The van der Waals surface area contributed by atoms with Gasteiger partial charge in [0.25, 0.3) is 0 Å². The van der Waals surface area contributed by atoms with Crippen LogP contribution in [0.15, 0.2) is 267 Å². The van der Waals surface area contributed by atoms with Crippen molar-refractivity contribution in [1.82, 2.24) is 28.2 Å². The molecule has 16 rings (SSSR count). The van der Waals surface area contributed by atoms with Gasteiger partial charge in [-0.3, -0.25) is 0 Å². The van der Waals surface area contributed by atoms with Gasteiger partial charge in [0.15, 0.2) is 5.82 Å². The molecular weight excluding hydrogens is 925 g/mol. The minimum atomic E-state index is 0.684. The highest BCUT2D eigenvalue weighted by Crippen LogP contribution is 2.47. The fraction of sp³-hybridized carbons (Fsp3) is 0. The SMILES string of the molecule is c1ccc(-c2cc(-c3cccc4c5ccc6c(c7cc(-n8c9ccccc9c9ccc%10c(c%11ccccc%11n%10-c%10ccccc%10)c98)ccc7n6-c6ccccc6)c5n(-c5ccccc5)c34)nc(-c3ccccc3)n2)cc1. The van der Waals surface area contributed by atoms with Crippen LogP contribution >= 0.6 is 0 Å². The molecule has 0 spiro atoms. The van der Waals surface area contributed by atoms with Crippen molar-refractivity contribution in [3.05, 3.63) is 267 Å². The molecule has 5 aromatic heterocycles. The summed E-state index contributed by atoms with van der Waals surface area (Å²) in [6.45, 7) is 0. The van der Waals surface area contributed by atoms with Gasteiger partial charge in [-0.25, -0.2) is 9.97 Å². The van der Waals surface area contributed by atoms with Crippen molar-refractivity contribution in [3.8, 4) is 56.7 Å². The Balaban J connectivity index is 1.04. The summed E-state index contributed by atoms with van der Waals surface area (Å²) in [5.74, 6) is 0.684. The smallest absolute Gasteiger partial charge is 0.160 e. The summed E-state index contributed by atoms with van der Waals surface area (Å²) in [7, 11) is 0. The van der Waals surface area contributed by atoms with Gasteiger partial charge < -0.3 is 18.3 Å². The zero-order chi connectivity index (χ0) is 49.8. The van der Waals surface area contributed by atoms with E-state index >= 15 is 0 Å². The number of hydrogen-bond donors (Lipinski definition) is 0.